The zero-order valence-electron chi connectivity index (χ0n) is 17.1. The van der Waals surface area contributed by atoms with Gasteiger partial charge in [-0.05, 0) is 79.9 Å². The van der Waals surface area contributed by atoms with Gasteiger partial charge in [-0.15, -0.1) is 0 Å². The van der Waals surface area contributed by atoms with Gasteiger partial charge in [0.2, 0.25) is 0 Å². The number of aryl methyl sites for hydroxylation is 1. The van der Waals surface area contributed by atoms with Gasteiger partial charge in [-0.2, -0.15) is 0 Å². The summed E-state index contributed by atoms with van der Waals surface area (Å²) in [5.41, 5.74) is 4.16. The molecule has 0 atom stereocenters. The van der Waals surface area contributed by atoms with E-state index < -0.39 is 7.26 Å². The fraction of sp³-hybridized carbons (Fsp3) is 0.111. The molecule has 0 spiro atoms. The summed E-state index contributed by atoms with van der Waals surface area (Å²) in [6, 6.07) is 37.9. The van der Waals surface area contributed by atoms with Crippen molar-refractivity contribution in [3.05, 3.63) is 120 Å². The van der Waals surface area contributed by atoms with Crippen LogP contribution in [-0.2, 0) is 0 Å². The molecule has 0 heterocycles. The third-order valence-corrected chi connectivity index (χ3v) is 10.2. The molecule has 0 nitrogen and oxygen atoms in total. The van der Waals surface area contributed by atoms with Crippen LogP contribution in [0.3, 0.4) is 0 Å². The van der Waals surface area contributed by atoms with Crippen molar-refractivity contribution in [1.29, 1.82) is 0 Å². The van der Waals surface area contributed by atoms with Crippen LogP contribution >= 0.6 is 7.26 Å². The Morgan fingerprint density at radius 3 is 1.21 bits per heavy atom. The summed E-state index contributed by atoms with van der Waals surface area (Å²) >= 11 is 0. The number of rotatable bonds is 4. The summed E-state index contributed by atoms with van der Waals surface area (Å²) < 4.78 is 0. The summed E-state index contributed by atoms with van der Waals surface area (Å²) in [6.07, 6.45) is 0. The molecule has 4 rings (SSSR count). The van der Waals surface area contributed by atoms with Crippen molar-refractivity contribution < 1.29 is 12.4 Å². The maximum atomic E-state index is 2.37. The summed E-state index contributed by atoms with van der Waals surface area (Å²) in [6.45, 7) is 6.75. The largest absolute Gasteiger partial charge is 1.00 e. The Morgan fingerprint density at radius 2 is 0.828 bits per heavy atom. The second kappa shape index (κ2) is 8.95. The first-order valence-corrected chi connectivity index (χ1v) is 11.6. The summed E-state index contributed by atoms with van der Waals surface area (Å²) in [5.74, 6) is 0. The first-order valence-electron chi connectivity index (χ1n) is 9.79. The second-order valence-corrected chi connectivity index (χ2v) is 10.7. The molecule has 0 saturated carbocycles. The fourth-order valence-electron chi connectivity index (χ4n) is 4.12. The molecule has 0 unspecified atom stereocenters. The van der Waals surface area contributed by atoms with Crippen molar-refractivity contribution in [3.8, 4) is 0 Å². The van der Waals surface area contributed by atoms with E-state index in [4.69, 9.17) is 0 Å². The zero-order valence-corrected chi connectivity index (χ0v) is 18.8. The second-order valence-electron chi connectivity index (χ2n) is 7.33. The van der Waals surface area contributed by atoms with Crippen LogP contribution in [0.15, 0.2) is 103 Å². The van der Waals surface area contributed by atoms with E-state index in [9.17, 15) is 0 Å². The van der Waals surface area contributed by atoms with Crippen LogP contribution in [0, 0.1) is 20.8 Å². The van der Waals surface area contributed by atoms with Crippen molar-refractivity contribution in [1.82, 2.24) is 0 Å². The lowest BCUT2D eigenvalue weighted by molar-refractivity contribution is -0.00000557. The molecule has 0 fully saturated rings. The lowest BCUT2D eigenvalue weighted by Crippen LogP contribution is -3.00. The van der Waals surface area contributed by atoms with E-state index in [1.807, 2.05) is 0 Å². The van der Waals surface area contributed by atoms with E-state index >= 15 is 0 Å². The molecule has 29 heavy (non-hydrogen) atoms. The van der Waals surface area contributed by atoms with Crippen molar-refractivity contribution in [2.24, 2.45) is 0 Å². The third kappa shape index (κ3) is 3.64. The van der Waals surface area contributed by atoms with Gasteiger partial charge in [0.05, 0.1) is 0 Å². The Hall–Kier alpha value is -2.40. The van der Waals surface area contributed by atoms with Gasteiger partial charge in [0.15, 0.2) is 0 Å². The average molecular weight is 417 g/mol. The zero-order chi connectivity index (χ0) is 19.6. The van der Waals surface area contributed by atoms with E-state index in [1.165, 1.54) is 37.9 Å². The standard InChI is InChI=1S/C27H26P.ClH/c1-21-19-20-27(23(3)22(21)2)28(24-13-7-4-8-14-24,25-15-9-5-10-16-25)26-17-11-6-12-18-26;/h4-20H,1-3H3;1H/q+1;/p-1. The van der Waals surface area contributed by atoms with Crippen LogP contribution in [0.4, 0.5) is 0 Å². The normalized spacial score (nSPS) is 11.0. The van der Waals surface area contributed by atoms with Crippen molar-refractivity contribution in [2.45, 2.75) is 20.8 Å². The van der Waals surface area contributed by atoms with Crippen molar-refractivity contribution >= 4 is 28.5 Å². The highest BCUT2D eigenvalue weighted by atomic mass is 35.5. The number of benzene rings is 4. The van der Waals surface area contributed by atoms with Crippen LogP contribution in [0.1, 0.15) is 16.7 Å². The highest BCUT2D eigenvalue weighted by molar-refractivity contribution is 8.01. The monoisotopic (exact) mass is 416 g/mol. The molecular formula is C27H26ClP. The van der Waals surface area contributed by atoms with Crippen LogP contribution in [0.5, 0.6) is 0 Å². The Labute approximate surface area is 181 Å². The Morgan fingerprint density at radius 1 is 0.448 bits per heavy atom. The first kappa shape index (κ1) is 21.3. The highest BCUT2D eigenvalue weighted by Crippen LogP contribution is 2.55. The highest BCUT2D eigenvalue weighted by Gasteiger charge is 2.48. The van der Waals surface area contributed by atoms with Gasteiger partial charge in [-0.25, -0.2) is 0 Å². The van der Waals surface area contributed by atoms with Crippen molar-refractivity contribution in [3.63, 3.8) is 0 Å². The molecule has 0 aliphatic carbocycles. The Kier molecular flexibility index (Phi) is 6.58. The third-order valence-electron chi connectivity index (χ3n) is 5.82. The molecule has 0 aliphatic rings. The van der Waals surface area contributed by atoms with Crippen LogP contribution in [0.2, 0.25) is 0 Å². The minimum Gasteiger partial charge on any atom is -1.00 e. The summed E-state index contributed by atoms with van der Waals surface area (Å²) in [5, 5.41) is 5.66. The molecule has 4 aromatic carbocycles. The predicted octanol–water partition coefficient (Wildman–Crippen LogP) is 2.24. The molecule has 0 aromatic heterocycles. The van der Waals surface area contributed by atoms with Gasteiger partial charge in [0.25, 0.3) is 0 Å². The molecule has 0 bridgehead atoms. The lowest BCUT2D eigenvalue weighted by Gasteiger charge is -2.29. The van der Waals surface area contributed by atoms with Crippen LogP contribution in [0.25, 0.3) is 0 Å². The van der Waals surface area contributed by atoms with Gasteiger partial charge in [0.1, 0.15) is 28.5 Å². The quantitative estimate of drug-likeness (QED) is 0.448. The maximum Gasteiger partial charge on any atom is 0.144 e. The smallest absolute Gasteiger partial charge is 0.144 e. The molecule has 0 saturated heterocycles. The fourth-order valence-corrected chi connectivity index (χ4v) is 8.68. The molecule has 2 heteroatoms. The van der Waals surface area contributed by atoms with Crippen molar-refractivity contribution in [2.75, 3.05) is 0 Å². The van der Waals surface area contributed by atoms with Gasteiger partial charge in [0, 0.05) is 0 Å². The van der Waals surface area contributed by atoms with E-state index in [0.29, 0.717) is 0 Å². The minimum absolute atomic E-state index is 0. The predicted molar refractivity (Wildman–Crippen MR) is 125 cm³/mol. The SMILES string of the molecule is Cc1ccc([P+](c2ccccc2)(c2ccccc2)c2ccccc2)c(C)c1C.[Cl-]. The van der Waals surface area contributed by atoms with Crippen LogP contribution < -0.4 is 33.6 Å². The summed E-state index contributed by atoms with van der Waals surface area (Å²) in [7, 11) is -1.99. The number of hydrogen-bond donors (Lipinski definition) is 0. The van der Waals surface area contributed by atoms with E-state index in [2.05, 4.69) is 124 Å². The Balaban J connectivity index is 0.00000240. The van der Waals surface area contributed by atoms with Crippen LogP contribution in [-0.4, -0.2) is 0 Å². The Bertz CT molecular complexity index is 977. The summed E-state index contributed by atoms with van der Waals surface area (Å²) in [4.78, 5) is 0. The van der Waals surface area contributed by atoms with E-state index in [0.717, 1.165) is 0 Å². The average Bonchev–Trinajstić information content (AvgIpc) is 2.76. The molecule has 0 amide bonds. The molecule has 0 N–H and O–H groups in total. The minimum atomic E-state index is -1.99. The maximum absolute atomic E-state index is 2.37. The topological polar surface area (TPSA) is 0 Å². The van der Waals surface area contributed by atoms with Gasteiger partial charge >= 0.3 is 0 Å². The van der Waals surface area contributed by atoms with Gasteiger partial charge in [-0.3, -0.25) is 0 Å². The van der Waals surface area contributed by atoms with E-state index in [-0.39, 0.29) is 12.4 Å². The number of halogens is 1. The first-order chi connectivity index (χ1) is 13.7. The van der Waals surface area contributed by atoms with Gasteiger partial charge in [-0.1, -0.05) is 60.7 Å². The lowest BCUT2D eigenvalue weighted by atomic mass is 10.1. The molecule has 0 aliphatic heterocycles. The van der Waals surface area contributed by atoms with E-state index in [1.54, 1.807) is 0 Å². The van der Waals surface area contributed by atoms with Gasteiger partial charge < -0.3 is 12.4 Å². The molecule has 0 radical (unpaired) electrons. The molecular weight excluding hydrogens is 391 g/mol. The molecule has 146 valence electrons. The molecule has 4 aromatic rings. The number of hydrogen-bond acceptors (Lipinski definition) is 0.